The summed E-state index contributed by atoms with van der Waals surface area (Å²) in [5, 5.41) is 0. The molecular formula is C23H44O3Si. The fraction of sp³-hybridized carbons (Fsp3) is 0.826. The Kier molecular flexibility index (Phi) is 15.1. The van der Waals surface area contributed by atoms with E-state index in [-0.39, 0.29) is 5.54 Å². The Balaban J connectivity index is 2.63. The van der Waals surface area contributed by atoms with Crippen molar-refractivity contribution in [2.24, 2.45) is 0 Å². The first-order chi connectivity index (χ1) is 13.3. The Morgan fingerprint density at radius 2 is 0.926 bits per heavy atom. The second kappa shape index (κ2) is 16.5. The van der Waals surface area contributed by atoms with Crippen LogP contribution < -0.4 is 0 Å². The molecule has 27 heavy (non-hydrogen) atoms. The average molecular weight is 397 g/mol. The fourth-order valence-electron chi connectivity index (χ4n) is 3.31. The molecule has 0 heterocycles. The van der Waals surface area contributed by atoms with Crippen molar-refractivity contribution in [2.45, 2.75) is 103 Å². The highest BCUT2D eigenvalue weighted by atomic mass is 28.4. The lowest BCUT2D eigenvalue weighted by Crippen LogP contribution is -2.49. The molecule has 0 N–H and O–H groups in total. The van der Waals surface area contributed by atoms with Gasteiger partial charge in [0, 0.05) is 19.8 Å². The van der Waals surface area contributed by atoms with Crippen LogP contribution in [0.3, 0.4) is 0 Å². The summed E-state index contributed by atoms with van der Waals surface area (Å²) in [6.07, 6.45) is 23.2. The Labute approximate surface area is 169 Å². The summed E-state index contributed by atoms with van der Waals surface area (Å²) in [5.74, 6) is 0. The van der Waals surface area contributed by atoms with E-state index < -0.39 is 8.80 Å². The van der Waals surface area contributed by atoms with Gasteiger partial charge in [-0.25, -0.2) is 0 Å². The first-order valence-corrected chi connectivity index (χ1v) is 13.4. The monoisotopic (exact) mass is 396 g/mol. The molecule has 4 heteroatoms. The van der Waals surface area contributed by atoms with E-state index in [1.807, 2.05) is 0 Å². The highest BCUT2D eigenvalue weighted by molar-refractivity contribution is 6.63. The third-order valence-corrected chi connectivity index (χ3v) is 8.08. The molecule has 0 aromatic carbocycles. The van der Waals surface area contributed by atoms with Crippen LogP contribution in [-0.2, 0) is 13.3 Å². The molecule has 0 spiro atoms. The Bertz CT molecular complexity index is 347. The minimum atomic E-state index is -2.72. The van der Waals surface area contributed by atoms with Gasteiger partial charge < -0.3 is 13.3 Å². The number of unbranched alkanes of at least 4 members (excludes halogenated alkanes) is 9. The molecule has 0 radical (unpaired) electrons. The predicted octanol–water partition coefficient (Wildman–Crippen LogP) is 7.21. The van der Waals surface area contributed by atoms with Crippen LogP contribution in [0.2, 0.25) is 5.54 Å². The summed E-state index contributed by atoms with van der Waals surface area (Å²) in [4.78, 5) is 0. The van der Waals surface area contributed by atoms with Crippen molar-refractivity contribution in [3.8, 4) is 0 Å². The van der Waals surface area contributed by atoms with E-state index in [9.17, 15) is 0 Å². The minimum absolute atomic E-state index is 0.182. The van der Waals surface area contributed by atoms with Crippen LogP contribution in [0.4, 0.5) is 0 Å². The fourth-order valence-corrected chi connectivity index (χ4v) is 6.12. The molecule has 0 aromatic heterocycles. The van der Waals surface area contributed by atoms with Crippen molar-refractivity contribution in [1.29, 1.82) is 0 Å². The standard InChI is InChI=1S/C23H44O3Si/c1-4-7-10-15-20-24-27(23-18-13-14-19-23,25-21-16-11-8-5-2)26-22-17-12-9-6-3/h13-14,18-19,23H,4-12,15-17,20-22H2,1-3H3. The van der Waals surface area contributed by atoms with Gasteiger partial charge in [0.25, 0.3) is 0 Å². The highest BCUT2D eigenvalue weighted by Gasteiger charge is 2.48. The molecule has 0 fully saturated rings. The minimum Gasteiger partial charge on any atom is -0.373 e. The molecule has 0 unspecified atom stereocenters. The van der Waals surface area contributed by atoms with Gasteiger partial charge in [0.15, 0.2) is 0 Å². The van der Waals surface area contributed by atoms with Crippen molar-refractivity contribution in [2.75, 3.05) is 19.8 Å². The molecule has 0 saturated heterocycles. The quantitative estimate of drug-likeness (QED) is 0.170. The third-order valence-electron chi connectivity index (χ3n) is 5.06. The normalized spacial score (nSPS) is 14.5. The number of hydrogen-bond donors (Lipinski definition) is 0. The molecule has 0 saturated carbocycles. The van der Waals surface area contributed by atoms with Gasteiger partial charge in [-0.15, -0.1) is 0 Å². The summed E-state index contributed by atoms with van der Waals surface area (Å²) in [6, 6.07) is 0. The lowest BCUT2D eigenvalue weighted by atomic mass is 10.2. The zero-order chi connectivity index (χ0) is 19.6. The van der Waals surface area contributed by atoms with Crippen molar-refractivity contribution in [3.05, 3.63) is 24.3 Å². The van der Waals surface area contributed by atoms with Gasteiger partial charge in [-0.1, -0.05) is 103 Å². The van der Waals surface area contributed by atoms with Gasteiger partial charge in [0.05, 0.1) is 5.54 Å². The largest absolute Gasteiger partial charge is 0.512 e. The van der Waals surface area contributed by atoms with Crippen LogP contribution in [0.5, 0.6) is 0 Å². The molecule has 158 valence electrons. The molecule has 0 atom stereocenters. The molecule has 0 aliphatic heterocycles. The van der Waals surface area contributed by atoms with Crippen LogP contribution >= 0.6 is 0 Å². The lowest BCUT2D eigenvalue weighted by molar-refractivity contribution is 0.0532. The second-order valence-corrected chi connectivity index (χ2v) is 10.4. The predicted molar refractivity (Wildman–Crippen MR) is 118 cm³/mol. The number of allylic oxidation sites excluding steroid dienone is 4. The maximum Gasteiger partial charge on any atom is 0.512 e. The van der Waals surface area contributed by atoms with Crippen LogP contribution in [0, 0.1) is 0 Å². The smallest absolute Gasteiger partial charge is 0.373 e. The van der Waals surface area contributed by atoms with Crippen LogP contribution in [-0.4, -0.2) is 28.6 Å². The molecular weight excluding hydrogens is 352 g/mol. The molecule has 0 bridgehead atoms. The Hall–Kier alpha value is -0.423. The molecule has 1 aliphatic rings. The first-order valence-electron chi connectivity index (χ1n) is 11.6. The summed E-state index contributed by atoms with van der Waals surface area (Å²) >= 11 is 0. The van der Waals surface area contributed by atoms with Gasteiger partial charge in [-0.2, -0.15) is 0 Å². The molecule has 1 rings (SSSR count). The van der Waals surface area contributed by atoms with Crippen molar-refractivity contribution >= 4 is 8.80 Å². The van der Waals surface area contributed by atoms with Crippen LogP contribution in [0.15, 0.2) is 24.3 Å². The van der Waals surface area contributed by atoms with Gasteiger partial charge >= 0.3 is 8.80 Å². The molecule has 3 nitrogen and oxygen atoms in total. The van der Waals surface area contributed by atoms with E-state index in [4.69, 9.17) is 13.3 Å². The summed E-state index contributed by atoms with van der Waals surface area (Å²) < 4.78 is 19.4. The summed E-state index contributed by atoms with van der Waals surface area (Å²) in [7, 11) is -2.72. The maximum atomic E-state index is 6.47. The third kappa shape index (κ3) is 10.6. The van der Waals surface area contributed by atoms with Crippen molar-refractivity contribution in [1.82, 2.24) is 0 Å². The number of hydrogen-bond acceptors (Lipinski definition) is 3. The molecule has 0 amide bonds. The second-order valence-electron chi connectivity index (χ2n) is 7.63. The van der Waals surface area contributed by atoms with E-state index in [0.29, 0.717) is 0 Å². The molecule has 1 aliphatic carbocycles. The van der Waals surface area contributed by atoms with Crippen LogP contribution in [0.1, 0.15) is 97.8 Å². The van der Waals surface area contributed by atoms with E-state index in [2.05, 4.69) is 45.1 Å². The lowest BCUT2D eigenvalue weighted by Gasteiger charge is -2.33. The van der Waals surface area contributed by atoms with Crippen LogP contribution in [0.25, 0.3) is 0 Å². The zero-order valence-corrected chi connectivity index (χ0v) is 19.2. The number of rotatable bonds is 19. The SMILES string of the molecule is CCCCCCO[Si](OCCCCCC)(OCCCCCC)C1C=CC=C1. The summed E-state index contributed by atoms with van der Waals surface area (Å²) in [6.45, 7) is 9.00. The Morgan fingerprint density at radius 1 is 0.556 bits per heavy atom. The highest BCUT2D eigenvalue weighted by Crippen LogP contribution is 2.32. The topological polar surface area (TPSA) is 27.7 Å². The van der Waals surface area contributed by atoms with E-state index >= 15 is 0 Å². The van der Waals surface area contributed by atoms with E-state index in [1.54, 1.807) is 0 Å². The van der Waals surface area contributed by atoms with Crippen molar-refractivity contribution < 1.29 is 13.3 Å². The molecule has 0 aromatic rings. The maximum absolute atomic E-state index is 6.47. The zero-order valence-electron chi connectivity index (χ0n) is 18.2. The summed E-state index contributed by atoms with van der Waals surface area (Å²) in [5.41, 5.74) is 0.182. The van der Waals surface area contributed by atoms with Gasteiger partial charge in [0.2, 0.25) is 0 Å². The van der Waals surface area contributed by atoms with E-state index in [1.165, 1.54) is 57.8 Å². The first kappa shape index (κ1) is 24.6. The van der Waals surface area contributed by atoms with Crippen molar-refractivity contribution in [3.63, 3.8) is 0 Å². The van der Waals surface area contributed by atoms with Gasteiger partial charge in [-0.05, 0) is 19.3 Å². The van der Waals surface area contributed by atoms with Gasteiger partial charge in [0.1, 0.15) is 0 Å². The average Bonchev–Trinajstić information content (AvgIpc) is 3.22. The Morgan fingerprint density at radius 3 is 1.26 bits per heavy atom. The van der Waals surface area contributed by atoms with Gasteiger partial charge in [-0.3, -0.25) is 0 Å². The van der Waals surface area contributed by atoms with E-state index in [0.717, 1.165) is 39.1 Å².